The fourth-order valence-electron chi connectivity index (χ4n) is 2.35. The number of carbonyl (C=O) groups excluding carboxylic acids is 1. The molecule has 1 heterocycles. The molecular weight excluding hydrogens is 318 g/mol. The van der Waals surface area contributed by atoms with E-state index in [4.69, 9.17) is 0 Å². The standard InChI is InChI=1S/C18H13N5O2/c1-13(24)17(16(12-19-25)14-8-4-2-5-9-14)18-20-22-23(21-18)15-10-6-3-7-11-15/h2-11H,1H3/b17-16+. The smallest absolute Gasteiger partial charge is 0.338 e. The number of ketones is 1. The predicted octanol–water partition coefficient (Wildman–Crippen LogP) is 2.99. The maximum absolute atomic E-state index is 12.2. The van der Waals surface area contributed by atoms with Gasteiger partial charge in [-0.05, 0) is 29.8 Å². The Kier molecular flexibility index (Phi) is 4.62. The highest BCUT2D eigenvalue weighted by molar-refractivity contribution is 6.28. The van der Waals surface area contributed by atoms with Gasteiger partial charge in [0.15, 0.2) is 5.78 Å². The lowest BCUT2D eigenvalue weighted by Crippen LogP contribution is -2.04. The van der Waals surface area contributed by atoms with Gasteiger partial charge in [-0.25, -0.2) is 0 Å². The molecule has 0 radical (unpaired) electrons. The molecule has 0 fully saturated rings. The van der Waals surface area contributed by atoms with Gasteiger partial charge in [0, 0.05) is 5.01 Å². The van der Waals surface area contributed by atoms with Crippen molar-refractivity contribution in [2.75, 3.05) is 0 Å². The molecule has 0 aliphatic rings. The second-order valence-corrected chi connectivity index (χ2v) is 5.11. The average Bonchev–Trinajstić information content (AvgIpc) is 3.12. The summed E-state index contributed by atoms with van der Waals surface area (Å²) in [4.78, 5) is 13.5. The van der Waals surface area contributed by atoms with Gasteiger partial charge in [-0.15, -0.1) is 15.0 Å². The van der Waals surface area contributed by atoms with Crippen LogP contribution in [-0.2, 0) is 4.79 Å². The van der Waals surface area contributed by atoms with Gasteiger partial charge in [-0.1, -0.05) is 48.5 Å². The zero-order chi connectivity index (χ0) is 17.6. The zero-order valence-electron chi connectivity index (χ0n) is 13.3. The molecule has 0 saturated carbocycles. The van der Waals surface area contributed by atoms with Crippen molar-refractivity contribution in [1.29, 1.82) is 0 Å². The summed E-state index contributed by atoms with van der Waals surface area (Å²) in [6.07, 6.45) is 0. The van der Waals surface area contributed by atoms with E-state index in [0.717, 1.165) is 0 Å². The molecule has 1 aromatic heterocycles. The minimum atomic E-state index is -0.317. The normalized spacial score (nSPS) is 11.2. The fourth-order valence-corrected chi connectivity index (χ4v) is 2.35. The number of hydrogen-bond donors (Lipinski definition) is 0. The monoisotopic (exact) mass is 331 g/mol. The maximum Gasteiger partial charge on any atom is 0.338 e. The van der Waals surface area contributed by atoms with E-state index in [9.17, 15) is 10.0 Å². The van der Waals surface area contributed by atoms with Crippen LogP contribution in [0.4, 0.5) is 0 Å². The Morgan fingerprint density at radius 1 is 1.08 bits per heavy atom. The van der Waals surface area contributed by atoms with Crippen molar-refractivity contribution in [1.82, 2.24) is 20.2 Å². The van der Waals surface area contributed by atoms with Crippen LogP contribution in [0.5, 0.6) is 0 Å². The summed E-state index contributed by atoms with van der Waals surface area (Å²) in [5.74, 6) is -0.214. The van der Waals surface area contributed by atoms with E-state index in [1.807, 2.05) is 36.4 Å². The van der Waals surface area contributed by atoms with Gasteiger partial charge in [0.25, 0.3) is 0 Å². The van der Waals surface area contributed by atoms with E-state index in [2.05, 4.69) is 26.5 Å². The van der Waals surface area contributed by atoms with Crippen LogP contribution in [0.15, 0.2) is 60.7 Å². The van der Waals surface area contributed by atoms with Gasteiger partial charge < -0.3 is 5.21 Å². The molecule has 25 heavy (non-hydrogen) atoms. The summed E-state index contributed by atoms with van der Waals surface area (Å²) in [7, 11) is 0. The van der Waals surface area contributed by atoms with Crippen molar-refractivity contribution in [3.05, 3.63) is 82.3 Å². The van der Waals surface area contributed by atoms with Crippen LogP contribution in [0.1, 0.15) is 18.3 Å². The summed E-state index contributed by atoms with van der Waals surface area (Å²) in [5, 5.41) is 25.7. The van der Waals surface area contributed by atoms with Gasteiger partial charge in [-0.2, -0.15) is 0 Å². The van der Waals surface area contributed by atoms with Crippen molar-refractivity contribution < 1.29 is 4.79 Å². The third-order valence-corrected chi connectivity index (χ3v) is 3.45. The lowest BCUT2D eigenvalue weighted by molar-refractivity contribution is -0.111. The molecule has 0 atom stereocenters. The molecule has 0 spiro atoms. The number of allylic oxidation sites excluding steroid dienone is 2. The molecule has 0 N–H and O–H groups in total. The molecule has 0 amide bonds. The van der Waals surface area contributed by atoms with Crippen LogP contribution in [0.3, 0.4) is 0 Å². The quantitative estimate of drug-likeness (QED) is 0.416. The number of tetrazole rings is 1. The molecule has 122 valence electrons. The summed E-state index contributed by atoms with van der Waals surface area (Å²) < 4.78 is 0. The Hall–Kier alpha value is -3.79. The van der Waals surface area contributed by atoms with Crippen LogP contribution < -0.4 is 0 Å². The second-order valence-electron chi connectivity index (χ2n) is 5.11. The van der Waals surface area contributed by atoms with E-state index in [0.29, 0.717) is 11.3 Å². The van der Waals surface area contributed by atoms with E-state index in [-0.39, 0.29) is 22.8 Å². The minimum Gasteiger partial charge on any atom is -0.498 e. The number of nitrogens with zero attached hydrogens (tertiary/aromatic N) is 5. The van der Waals surface area contributed by atoms with Crippen molar-refractivity contribution in [2.24, 2.45) is 0 Å². The van der Waals surface area contributed by atoms with Crippen LogP contribution in [0.25, 0.3) is 21.8 Å². The van der Waals surface area contributed by atoms with Crippen LogP contribution >= 0.6 is 0 Å². The fraction of sp³-hybridized carbons (Fsp3) is 0.0556. The molecule has 7 heteroatoms. The molecule has 0 unspecified atom stereocenters. The Balaban J connectivity index is 2.17. The first-order valence-corrected chi connectivity index (χ1v) is 7.45. The number of carbonyl (C=O) groups is 1. The molecule has 7 nitrogen and oxygen atoms in total. The number of Topliss-reactive ketones (excluding diaryl/α,β-unsaturated/α-hetero) is 1. The Morgan fingerprint density at radius 3 is 2.32 bits per heavy atom. The molecule has 0 saturated heterocycles. The van der Waals surface area contributed by atoms with Crippen LogP contribution in [0, 0.1) is 11.3 Å². The highest BCUT2D eigenvalue weighted by Gasteiger charge is 2.23. The first-order valence-electron chi connectivity index (χ1n) is 7.45. The third kappa shape index (κ3) is 3.43. The first-order chi connectivity index (χ1) is 12.2. The second kappa shape index (κ2) is 7.19. The van der Waals surface area contributed by atoms with Crippen LogP contribution in [-0.4, -0.2) is 26.0 Å². The zero-order valence-corrected chi connectivity index (χ0v) is 13.3. The Bertz CT molecular complexity index is 982. The predicted molar refractivity (Wildman–Crippen MR) is 93.7 cm³/mol. The summed E-state index contributed by atoms with van der Waals surface area (Å²) in [5.41, 5.74) is 1.68. The largest absolute Gasteiger partial charge is 0.498 e. The third-order valence-electron chi connectivity index (χ3n) is 3.45. The van der Waals surface area contributed by atoms with Crippen molar-refractivity contribution in [3.8, 4) is 11.8 Å². The Labute approximate surface area is 143 Å². The summed E-state index contributed by atoms with van der Waals surface area (Å²) in [6.45, 7) is 1.37. The van der Waals surface area contributed by atoms with Gasteiger partial charge >= 0.3 is 6.07 Å². The molecule has 2 aromatic carbocycles. The number of rotatable bonds is 4. The van der Waals surface area contributed by atoms with Crippen molar-refractivity contribution >= 4 is 16.9 Å². The molecule has 3 rings (SSSR count). The van der Waals surface area contributed by atoms with E-state index >= 15 is 0 Å². The SMILES string of the molecule is CC(=O)/C(=C(/C#[N+][O-])c1ccccc1)c1nnn(-c2ccccc2)n1. The minimum absolute atomic E-state index is 0.103. The first kappa shape index (κ1) is 16.1. The van der Waals surface area contributed by atoms with E-state index < -0.39 is 0 Å². The van der Waals surface area contributed by atoms with Crippen molar-refractivity contribution in [3.63, 3.8) is 0 Å². The van der Waals surface area contributed by atoms with Crippen molar-refractivity contribution in [2.45, 2.75) is 6.92 Å². The van der Waals surface area contributed by atoms with E-state index in [1.165, 1.54) is 11.7 Å². The van der Waals surface area contributed by atoms with Gasteiger partial charge in [-0.3, -0.25) is 4.79 Å². The maximum atomic E-state index is 12.2. The molecule has 0 bridgehead atoms. The Morgan fingerprint density at radius 2 is 1.72 bits per heavy atom. The number of para-hydroxylation sites is 1. The van der Waals surface area contributed by atoms with E-state index in [1.54, 1.807) is 24.3 Å². The summed E-state index contributed by atoms with van der Waals surface area (Å²) >= 11 is 0. The van der Waals surface area contributed by atoms with Gasteiger partial charge in [0.2, 0.25) is 5.82 Å². The average molecular weight is 331 g/mol. The molecular formula is C18H13N5O2. The molecule has 3 aromatic rings. The van der Waals surface area contributed by atoms with Gasteiger partial charge in [0.05, 0.1) is 11.3 Å². The molecule has 0 aliphatic carbocycles. The number of hydrogen-bond acceptors (Lipinski definition) is 5. The number of aromatic nitrogens is 4. The lowest BCUT2D eigenvalue weighted by Gasteiger charge is -2.02. The highest BCUT2D eigenvalue weighted by atomic mass is 16.4. The highest BCUT2D eigenvalue weighted by Crippen LogP contribution is 2.25. The topological polar surface area (TPSA) is 88.1 Å². The van der Waals surface area contributed by atoms with Gasteiger partial charge in [0.1, 0.15) is 5.57 Å². The molecule has 0 aliphatic heterocycles. The summed E-state index contributed by atoms with van der Waals surface area (Å²) in [6, 6.07) is 20.4. The lowest BCUT2D eigenvalue weighted by atomic mass is 9.98. The van der Waals surface area contributed by atoms with Crippen LogP contribution in [0.2, 0.25) is 0 Å². The number of benzene rings is 2.